The molecule has 2 rings (SSSR count). The molecule has 4 heteroatoms. The highest BCUT2D eigenvalue weighted by atomic mass is 35.5. The van der Waals surface area contributed by atoms with Crippen molar-refractivity contribution in [2.24, 2.45) is 5.41 Å². The fourth-order valence-electron chi connectivity index (χ4n) is 2.75. The lowest BCUT2D eigenvalue weighted by Crippen LogP contribution is -2.30. The minimum Gasteiger partial charge on any atom is -0.493 e. The molecule has 0 heterocycles. The number of nitrogens with one attached hydrogen (secondary N) is 1. The third-order valence-corrected chi connectivity index (χ3v) is 4.37. The molecule has 0 aromatic heterocycles. The van der Waals surface area contributed by atoms with Gasteiger partial charge in [0.15, 0.2) is 11.5 Å². The van der Waals surface area contributed by atoms with E-state index in [1.54, 1.807) is 20.3 Å². The van der Waals surface area contributed by atoms with Gasteiger partial charge in [-0.3, -0.25) is 0 Å². The van der Waals surface area contributed by atoms with Gasteiger partial charge in [-0.25, -0.2) is 0 Å². The lowest BCUT2D eigenvalue weighted by molar-refractivity contribution is 0.348. The Morgan fingerprint density at radius 1 is 1.21 bits per heavy atom. The van der Waals surface area contributed by atoms with Gasteiger partial charge in [-0.05, 0) is 18.3 Å². The molecule has 3 nitrogen and oxygen atoms in total. The molecule has 0 saturated heterocycles. The van der Waals surface area contributed by atoms with E-state index in [4.69, 9.17) is 21.1 Å². The third kappa shape index (κ3) is 2.92. The van der Waals surface area contributed by atoms with Crippen LogP contribution in [0.15, 0.2) is 12.1 Å². The van der Waals surface area contributed by atoms with E-state index in [9.17, 15) is 0 Å². The number of ether oxygens (including phenoxy) is 2. The highest BCUT2D eigenvalue weighted by Crippen LogP contribution is 2.42. The van der Waals surface area contributed by atoms with Crippen LogP contribution < -0.4 is 14.8 Å². The van der Waals surface area contributed by atoms with E-state index < -0.39 is 0 Å². The maximum atomic E-state index is 6.31. The van der Waals surface area contributed by atoms with E-state index in [0.29, 0.717) is 28.0 Å². The van der Waals surface area contributed by atoms with Crippen LogP contribution in [-0.2, 0) is 0 Å². The molecule has 1 aliphatic carbocycles. The number of rotatable bonds is 4. The van der Waals surface area contributed by atoms with Crippen LogP contribution in [0.25, 0.3) is 0 Å². The fraction of sp³-hybridized carbons (Fsp3) is 0.600. The van der Waals surface area contributed by atoms with E-state index in [2.05, 4.69) is 19.2 Å². The van der Waals surface area contributed by atoms with Gasteiger partial charge >= 0.3 is 0 Å². The Bertz CT molecular complexity index is 460. The molecule has 1 fully saturated rings. The van der Waals surface area contributed by atoms with E-state index in [0.717, 1.165) is 5.69 Å². The van der Waals surface area contributed by atoms with Crippen LogP contribution in [0.3, 0.4) is 0 Å². The molecule has 106 valence electrons. The summed E-state index contributed by atoms with van der Waals surface area (Å²) in [4.78, 5) is 0. The van der Waals surface area contributed by atoms with Crippen molar-refractivity contribution < 1.29 is 9.47 Å². The number of hydrogen-bond acceptors (Lipinski definition) is 3. The monoisotopic (exact) mass is 283 g/mol. The van der Waals surface area contributed by atoms with Gasteiger partial charge in [-0.15, -0.1) is 0 Å². The van der Waals surface area contributed by atoms with Gasteiger partial charge < -0.3 is 14.8 Å². The normalized spacial score (nSPS) is 21.2. The van der Waals surface area contributed by atoms with Crippen molar-refractivity contribution in [2.45, 2.75) is 39.2 Å². The van der Waals surface area contributed by atoms with Gasteiger partial charge in [0.1, 0.15) is 0 Å². The molecule has 0 amide bonds. The number of hydrogen-bond donors (Lipinski definition) is 1. The molecule has 19 heavy (non-hydrogen) atoms. The van der Waals surface area contributed by atoms with Crippen LogP contribution in [0, 0.1) is 5.41 Å². The van der Waals surface area contributed by atoms with E-state index >= 15 is 0 Å². The summed E-state index contributed by atoms with van der Waals surface area (Å²) < 4.78 is 10.6. The molecule has 0 spiro atoms. The van der Waals surface area contributed by atoms with E-state index in [1.165, 1.54) is 19.3 Å². The van der Waals surface area contributed by atoms with E-state index in [-0.39, 0.29) is 0 Å². The van der Waals surface area contributed by atoms with Crippen molar-refractivity contribution in [1.29, 1.82) is 0 Å². The number of methoxy groups -OCH3 is 2. The highest BCUT2D eigenvalue weighted by molar-refractivity contribution is 6.33. The second kappa shape index (κ2) is 5.49. The molecule has 0 aliphatic heterocycles. The summed E-state index contributed by atoms with van der Waals surface area (Å²) in [5.41, 5.74) is 1.22. The van der Waals surface area contributed by atoms with Crippen LogP contribution in [0.1, 0.15) is 33.1 Å². The first-order valence-corrected chi connectivity index (χ1v) is 7.04. The number of halogens is 1. The molecule has 1 N–H and O–H groups in total. The molecule has 1 aromatic carbocycles. The molecule has 1 atom stereocenters. The van der Waals surface area contributed by atoms with Gasteiger partial charge in [-0.1, -0.05) is 31.9 Å². The van der Waals surface area contributed by atoms with Crippen LogP contribution in [-0.4, -0.2) is 20.3 Å². The first-order valence-electron chi connectivity index (χ1n) is 6.66. The number of benzene rings is 1. The molecule has 1 aromatic rings. The Labute approximate surface area is 120 Å². The zero-order valence-corrected chi connectivity index (χ0v) is 12.8. The first kappa shape index (κ1) is 14.3. The molecular weight excluding hydrogens is 262 g/mol. The van der Waals surface area contributed by atoms with Crippen LogP contribution >= 0.6 is 11.6 Å². The second-order valence-electron chi connectivity index (χ2n) is 5.76. The van der Waals surface area contributed by atoms with Gasteiger partial charge in [0, 0.05) is 18.2 Å². The van der Waals surface area contributed by atoms with Gasteiger partial charge in [-0.2, -0.15) is 0 Å². The summed E-state index contributed by atoms with van der Waals surface area (Å²) in [5.74, 6) is 1.36. The Balaban J connectivity index is 2.25. The predicted octanol–water partition coefficient (Wildman–Crippen LogP) is 4.35. The van der Waals surface area contributed by atoms with Crippen molar-refractivity contribution in [3.8, 4) is 11.5 Å². The summed E-state index contributed by atoms with van der Waals surface area (Å²) in [7, 11) is 3.25. The fourth-order valence-corrected chi connectivity index (χ4v) is 2.96. The molecular formula is C15H22ClNO2. The van der Waals surface area contributed by atoms with Gasteiger partial charge in [0.25, 0.3) is 0 Å². The third-order valence-electron chi connectivity index (χ3n) is 4.06. The SMILES string of the molecule is COc1cc(Cl)c(NC2CCCC2(C)C)cc1OC. The average molecular weight is 284 g/mol. The predicted molar refractivity (Wildman–Crippen MR) is 79.6 cm³/mol. The van der Waals surface area contributed by atoms with Crippen LogP contribution in [0.4, 0.5) is 5.69 Å². The number of anilines is 1. The molecule has 1 aliphatic rings. The van der Waals surface area contributed by atoms with Crippen molar-refractivity contribution in [2.75, 3.05) is 19.5 Å². The Hall–Kier alpha value is -1.09. The van der Waals surface area contributed by atoms with Gasteiger partial charge in [0.05, 0.1) is 24.9 Å². The van der Waals surface area contributed by atoms with Crippen LogP contribution in [0.5, 0.6) is 11.5 Å². The minimum absolute atomic E-state index is 0.302. The first-order chi connectivity index (χ1) is 8.97. The Morgan fingerprint density at radius 2 is 1.84 bits per heavy atom. The van der Waals surface area contributed by atoms with Crippen molar-refractivity contribution >= 4 is 17.3 Å². The molecule has 1 unspecified atom stereocenters. The van der Waals surface area contributed by atoms with E-state index in [1.807, 2.05) is 6.07 Å². The summed E-state index contributed by atoms with van der Waals surface area (Å²) in [5, 5.41) is 4.22. The smallest absolute Gasteiger partial charge is 0.162 e. The largest absolute Gasteiger partial charge is 0.493 e. The van der Waals surface area contributed by atoms with Crippen molar-refractivity contribution in [3.63, 3.8) is 0 Å². The lowest BCUT2D eigenvalue weighted by atomic mass is 9.87. The topological polar surface area (TPSA) is 30.5 Å². The summed E-state index contributed by atoms with van der Waals surface area (Å²) in [6.45, 7) is 4.60. The standard InChI is InChI=1S/C15H22ClNO2/c1-15(2)7-5-6-14(15)17-11-9-13(19-4)12(18-3)8-10(11)16/h8-9,14,17H,5-7H2,1-4H3. The Morgan fingerprint density at radius 3 is 2.37 bits per heavy atom. The quantitative estimate of drug-likeness (QED) is 0.891. The van der Waals surface area contributed by atoms with Crippen LogP contribution in [0.2, 0.25) is 5.02 Å². The Kier molecular flexibility index (Phi) is 4.14. The minimum atomic E-state index is 0.302. The zero-order valence-electron chi connectivity index (χ0n) is 12.0. The zero-order chi connectivity index (χ0) is 14.0. The maximum absolute atomic E-state index is 6.31. The molecule has 0 bridgehead atoms. The maximum Gasteiger partial charge on any atom is 0.162 e. The van der Waals surface area contributed by atoms with Gasteiger partial charge in [0.2, 0.25) is 0 Å². The van der Waals surface area contributed by atoms with Crippen molar-refractivity contribution in [1.82, 2.24) is 0 Å². The summed E-state index contributed by atoms with van der Waals surface area (Å²) in [6.07, 6.45) is 3.68. The average Bonchev–Trinajstić information content (AvgIpc) is 2.70. The highest BCUT2D eigenvalue weighted by Gasteiger charge is 2.34. The molecule has 0 radical (unpaired) electrons. The van der Waals surface area contributed by atoms with Crippen molar-refractivity contribution in [3.05, 3.63) is 17.2 Å². The lowest BCUT2D eigenvalue weighted by Gasteiger charge is -2.29. The summed E-state index contributed by atoms with van der Waals surface area (Å²) in [6, 6.07) is 4.16. The summed E-state index contributed by atoms with van der Waals surface area (Å²) >= 11 is 6.31. The molecule has 1 saturated carbocycles. The second-order valence-corrected chi connectivity index (χ2v) is 6.17.